The van der Waals surface area contributed by atoms with Gasteiger partial charge in [-0.2, -0.15) is 0 Å². The van der Waals surface area contributed by atoms with E-state index < -0.39 is 0 Å². The van der Waals surface area contributed by atoms with Gasteiger partial charge in [-0.25, -0.2) is 9.97 Å². The van der Waals surface area contributed by atoms with E-state index in [4.69, 9.17) is 4.74 Å². The number of nitrogens with one attached hydrogen (secondary N) is 1. The maximum atomic E-state index is 13.4. The molecule has 0 radical (unpaired) electrons. The maximum Gasteiger partial charge on any atom is 0.257 e. The van der Waals surface area contributed by atoms with E-state index in [9.17, 15) is 4.79 Å². The van der Waals surface area contributed by atoms with Crippen LogP contribution in [0.1, 0.15) is 59.3 Å². The van der Waals surface area contributed by atoms with Crippen LogP contribution >= 0.6 is 0 Å². The predicted octanol–water partition coefficient (Wildman–Crippen LogP) is 3.89. The average molecular weight is 454 g/mol. The lowest BCUT2D eigenvalue weighted by molar-refractivity contribution is -0.0490. The zero-order chi connectivity index (χ0) is 22.6. The summed E-state index contributed by atoms with van der Waals surface area (Å²) >= 11 is 0. The number of aromatic nitrogens is 6. The lowest BCUT2D eigenvalue weighted by Crippen LogP contribution is -2.36. The molecule has 1 N–H and O–H groups in total. The summed E-state index contributed by atoms with van der Waals surface area (Å²) in [5.41, 5.74) is 4.09. The van der Waals surface area contributed by atoms with Crippen LogP contribution in [-0.4, -0.2) is 41.3 Å². The van der Waals surface area contributed by atoms with Crippen molar-refractivity contribution in [2.24, 2.45) is 0 Å². The molecule has 3 aliphatic rings. The van der Waals surface area contributed by atoms with Crippen molar-refractivity contribution in [3.8, 4) is 17.2 Å². The number of benzene rings is 1. The number of hydrogen-bond acceptors (Lipinski definition) is 6. The van der Waals surface area contributed by atoms with Crippen molar-refractivity contribution in [3.05, 3.63) is 72.1 Å². The summed E-state index contributed by atoms with van der Waals surface area (Å²) < 4.78 is 10.3. The summed E-state index contributed by atoms with van der Waals surface area (Å²) in [6.07, 6.45) is 10.00. The molecule has 1 amide bonds. The van der Waals surface area contributed by atoms with Gasteiger partial charge in [-0.1, -0.05) is 12.1 Å². The van der Waals surface area contributed by atoms with Gasteiger partial charge in [0.25, 0.3) is 5.91 Å². The number of nitrogens with zero attached hydrogens (tertiary/aromatic N) is 6. The number of hydrogen-bond donors (Lipinski definition) is 1. The van der Waals surface area contributed by atoms with Crippen LogP contribution in [0, 0.1) is 0 Å². The Hall–Kier alpha value is -3.85. The third kappa shape index (κ3) is 3.31. The lowest BCUT2D eigenvalue weighted by Gasteiger charge is -2.37. The Kier molecular flexibility index (Phi) is 4.38. The van der Waals surface area contributed by atoms with Crippen LogP contribution in [0.25, 0.3) is 17.2 Å². The van der Waals surface area contributed by atoms with Crippen LogP contribution in [0.2, 0.25) is 0 Å². The Bertz CT molecular complexity index is 1400. The smallest absolute Gasteiger partial charge is 0.257 e. The third-order valence-electron chi connectivity index (χ3n) is 7.01. The molecule has 0 spiro atoms. The number of carbonyl (C=O) groups is 1. The molecule has 2 aliphatic carbocycles. The SMILES string of the molecule is O=C1Nc2cccc(n2)-c2nncn2C2CCC2OCc2ccc(-n3cnc(C4CC4)c3)cc21. The van der Waals surface area contributed by atoms with E-state index in [2.05, 4.69) is 31.7 Å². The largest absolute Gasteiger partial charge is 0.371 e. The summed E-state index contributed by atoms with van der Waals surface area (Å²) in [6.45, 7) is 0.351. The van der Waals surface area contributed by atoms with Crippen molar-refractivity contribution in [2.75, 3.05) is 5.32 Å². The standard InChI is InChI=1S/C25H23N7O2/c33-25-18-10-17(31-11-20(26-13-31)15-4-5-15)7-6-16(18)12-34-22-9-8-21(22)32-14-27-30-24(32)19-2-1-3-23(28-19)29-25/h1-3,6-7,10-11,13-15,21-22H,4-5,8-9,12H2,(H,28,29,33). The summed E-state index contributed by atoms with van der Waals surface area (Å²) in [7, 11) is 0. The fourth-order valence-electron chi connectivity index (χ4n) is 4.77. The zero-order valence-electron chi connectivity index (χ0n) is 18.5. The van der Waals surface area contributed by atoms with Crippen LogP contribution in [0.5, 0.6) is 0 Å². The highest BCUT2D eigenvalue weighted by molar-refractivity contribution is 6.05. The van der Waals surface area contributed by atoms with Gasteiger partial charge in [-0.3, -0.25) is 4.79 Å². The van der Waals surface area contributed by atoms with Gasteiger partial charge < -0.3 is 19.2 Å². The van der Waals surface area contributed by atoms with Gasteiger partial charge in [0.05, 0.1) is 30.8 Å². The van der Waals surface area contributed by atoms with E-state index in [1.807, 2.05) is 45.8 Å². The fraction of sp³-hybridized carbons (Fsp3) is 0.320. The molecule has 2 saturated carbocycles. The first-order chi connectivity index (χ1) is 16.7. The molecule has 2 bridgehead atoms. The van der Waals surface area contributed by atoms with Crippen LogP contribution in [0.15, 0.2) is 55.2 Å². The maximum absolute atomic E-state index is 13.4. The number of anilines is 1. The number of ether oxygens (including phenoxy) is 1. The van der Waals surface area contributed by atoms with Gasteiger partial charge in [0, 0.05) is 23.4 Å². The Morgan fingerprint density at radius 3 is 2.85 bits per heavy atom. The van der Waals surface area contributed by atoms with Gasteiger partial charge in [-0.05, 0) is 55.5 Å². The van der Waals surface area contributed by atoms with Crippen molar-refractivity contribution in [3.63, 3.8) is 0 Å². The van der Waals surface area contributed by atoms with Crippen LogP contribution in [0.3, 0.4) is 0 Å². The first-order valence-corrected chi connectivity index (χ1v) is 11.7. The zero-order valence-corrected chi connectivity index (χ0v) is 18.5. The Labute approximate surface area is 195 Å². The van der Waals surface area contributed by atoms with Gasteiger partial charge in [0.2, 0.25) is 0 Å². The van der Waals surface area contributed by atoms with E-state index in [1.165, 1.54) is 12.8 Å². The molecule has 2 atom stereocenters. The second-order valence-electron chi connectivity index (χ2n) is 9.24. The average Bonchev–Trinajstić information content (AvgIpc) is 3.36. The molecule has 0 saturated heterocycles. The molecule has 7 rings (SSSR count). The van der Waals surface area contributed by atoms with Crippen molar-refractivity contribution < 1.29 is 9.53 Å². The van der Waals surface area contributed by atoms with E-state index in [-0.39, 0.29) is 18.1 Å². The van der Waals surface area contributed by atoms with E-state index >= 15 is 0 Å². The molecular formula is C25H23N7O2. The molecule has 2 unspecified atom stereocenters. The Morgan fingerprint density at radius 2 is 2.00 bits per heavy atom. The number of carbonyl (C=O) groups excluding carboxylic acids is 1. The number of pyridine rings is 1. The molecule has 1 aliphatic heterocycles. The molecule has 3 aromatic heterocycles. The van der Waals surface area contributed by atoms with Crippen molar-refractivity contribution in [1.29, 1.82) is 0 Å². The quantitative estimate of drug-likeness (QED) is 0.494. The first kappa shape index (κ1) is 19.6. The van der Waals surface area contributed by atoms with E-state index in [0.717, 1.165) is 29.8 Å². The molecule has 9 nitrogen and oxygen atoms in total. The van der Waals surface area contributed by atoms with Crippen LogP contribution in [-0.2, 0) is 11.3 Å². The molecule has 2 fully saturated rings. The molecular weight excluding hydrogens is 430 g/mol. The lowest BCUT2D eigenvalue weighted by atomic mass is 9.88. The highest BCUT2D eigenvalue weighted by Crippen LogP contribution is 2.40. The van der Waals surface area contributed by atoms with Crippen LogP contribution < -0.4 is 5.32 Å². The van der Waals surface area contributed by atoms with Gasteiger partial charge in [0.15, 0.2) is 5.82 Å². The van der Waals surface area contributed by atoms with E-state index in [1.54, 1.807) is 12.4 Å². The predicted molar refractivity (Wildman–Crippen MR) is 124 cm³/mol. The summed E-state index contributed by atoms with van der Waals surface area (Å²) in [5.74, 6) is 1.50. The highest BCUT2D eigenvalue weighted by Gasteiger charge is 2.35. The van der Waals surface area contributed by atoms with Crippen LogP contribution in [0.4, 0.5) is 5.82 Å². The normalized spacial score (nSPS) is 21.6. The molecule has 4 aromatic rings. The van der Waals surface area contributed by atoms with E-state index in [0.29, 0.717) is 35.4 Å². The van der Waals surface area contributed by atoms with Gasteiger partial charge in [0.1, 0.15) is 17.8 Å². The second kappa shape index (κ2) is 7.59. The van der Waals surface area contributed by atoms with Gasteiger partial charge in [-0.15, -0.1) is 10.2 Å². The van der Waals surface area contributed by atoms with Gasteiger partial charge >= 0.3 is 0 Å². The molecule has 170 valence electrons. The number of amides is 1. The highest BCUT2D eigenvalue weighted by atomic mass is 16.5. The number of fused-ring (bicyclic) bond motifs is 7. The number of imidazole rings is 1. The monoisotopic (exact) mass is 453 g/mol. The summed E-state index contributed by atoms with van der Waals surface area (Å²) in [6, 6.07) is 11.6. The third-order valence-corrected chi connectivity index (χ3v) is 7.01. The first-order valence-electron chi connectivity index (χ1n) is 11.7. The molecule has 4 heterocycles. The van der Waals surface area contributed by atoms with Crippen molar-refractivity contribution in [1.82, 2.24) is 29.3 Å². The Balaban J connectivity index is 1.29. The minimum atomic E-state index is -0.224. The molecule has 9 heteroatoms. The topological polar surface area (TPSA) is 99.8 Å². The molecule has 34 heavy (non-hydrogen) atoms. The fourth-order valence-corrected chi connectivity index (χ4v) is 4.77. The Morgan fingerprint density at radius 1 is 1.06 bits per heavy atom. The molecule has 1 aromatic carbocycles. The summed E-state index contributed by atoms with van der Waals surface area (Å²) in [4.78, 5) is 22.6. The summed E-state index contributed by atoms with van der Waals surface area (Å²) in [5, 5.41) is 11.4. The van der Waals surface area contributed by atoms with Crippen molar-refractivity contribution in [2.45, 2.75) is 50.4 Å². The second-order valence-corrected chi connectivity index (χ2v) is 9.24. The minimum Gasteiger partial charge on any atom is -0.371 e. The minimum absolute atomic E-state index is 0.0315. The van der Waals surface area contributed by atoms with Crippen molar-refractivity contribution >= 4 is 11.7 Å². The number of rotatable bonds is 2.